The van der Waals surface area contributed by atoms with Gasteiger partial charge < -0.3 is 0 Å². The van der Waals surface area contributed by atoms with Crippen molar-refractivity contribution < 1.29 is 26.6 Å². The van der Waals surface area contributed by atoms with Gasteiger partial charge in [-0.1, -0.05) is 11.4 Å². The van der Waals surface area contributed by atoms with Gasteiger partial charge in [0.15, 0.2) is 0 Å². The zero-order chi connectivity index (χ0) is 12.2. The predicted molar refractivity (Wildman–Crippen MR) is 57.7 cm³/mol. The third-order valence-corrected chi connectivity index (χ3v) is 4.51. The average Bonchev–Trinajstić information content (AvgIpc) is 2.64. The van der Waals surface area contributed by atoms with Gasteiger partial charge in [0, 0.05) is 9.44 Å². The monoisotopic (exact) mass is 285 g/mol. The summed E-state index contributed by atoms with van der Waals surface area (Å²) >= 11 is 1.31. The summed E-state index contributed by atoms with van der Waals surface area (Å²) in [6, 6.07) is 1.43. The Hall–Kier alpha value is -0.370. The minimum Gasteiger partial charge on any atom is -0.232 e. The number of hydrogen-bond donors (Lipinski definition) is 1. The molecule has 1 rings (SSSR count). The van der Waals surface area contributed by atoms with E-state index in [9.17, 15) is 13.0 Å². The summed E-state index contributed by atoms with van der Waals surface area (Å²) < 4.78 is 41.9. The van der Waals surface area contributed by atoms with Gasteiger partial charge in [0.2, 0.25) is 6.79 Å². The number of rotatable bonds is 6. The molecule has 90 valence electrons. The van der Waals surface area contributed by atoms with E-state index < -0.39 is 25.2 Å². The standard InChI is InChI=1S/C7H9O6PS2/c1-2-6-7(3-4-15-6)16(10,11)13-5-12-14(8)9/h3-4H,2,5H2,1H3/p+1. The fraction of sp³-hybridized carbons (Fsp3) is 0.429. The number of thiophene rings is 1. The van der Waals surface area contributed by atoms with Crippen LogP contribution in [0.4, 0.5) is 0 Å². The van der Waals surface area contributed by atoms with Crippen LogP contribution in [0.25, 0.3) is 0 Å². The predicted octanol–water partition coefficient (Wildman–Crippen LogP) is 1.64. The summed E-state index contributed by atoms with van der Waals surface area (Å²) in [7, 11) is -6.77. The maximum atomic E-state index is 11.6. The Morgan fingerprint density at radius 2 is 2.25 bits per heavy atom. The highest BCUT2D eigenvalue weighted by molar-refractivity contribution is 7.87. The van der Waals surface area contributed by atoms with Crippen LogP contribution in [0.15, 0.2) is 16.3 Å². The molecule has 0 aliphatic carbocycles. The summed E-state index contributed by atoms with van der Waals surface area (Å²) in [4.78, 5) is 9.05. The molecule has 0 saturated carbocycles. The van der Waals surface area contributed by atoms with E-state index in [0.717, 1.165) is 0 Å². The van der Waals surface area contributed by atoms with Gasteiger partial charge in [-0.05, 0) is 17.9 Å². The molecular weight excluding hydrogens is 275 g/mol. The molecule has 0 aliphatic heterocycles. The lowest BCUT2D eigenvalue weighted by Crippen LogP contribution is -2.08. The van der Waals surface area contributed by atoms with E-state index in [4.69, 9.17) is 4.89 Å². The van der Waals surface area contributed by atoms with E-state index in [1.54, 1.807) is 5.38 Å². The third kappa shape index (κ3) is 3.58. The highest BCUT2D eigenvalue weighted by atomic mass is 32.2. The third-order valence-electron chi connectivity index (χ3n) is 1.66. The fourth-order valence-electron chi connectivity index (χ4n) is 1.00. The molecule has 16 heavy (non-hydrogen) atoms. The molecule has 6 nitrogen and oxygen atoms in total. The van der Waals surface area contributed by atoms with Crippen LogP contribution < -0.4 is 0 Å². The fourth-order valence-corrected chi connectivity index (χ4v) is 3.43. The van der Waals surface area contributed by atoms with Crippen molar-refractivity contribution in [2.75, 3.05) is 6.79 Å². The quantitative estimate of drug-likeness (QED) is 0.485. The highest BCUT2D eigenvalue weighted by Crippen LogP contribution is 2.24. The molecular formula is C7H10O6PS2+. The second-order valence-corrected chi connectivity index (χ2v) is 5.94. The molecule has 1 heterocycles. The lowest BCUT2D eigenvalue weighted by Gasteiger charge is -2.02. The van der Waals surface area contributed by atoms with E-state index in [2.05, 4.69) is 8.71 Å². The van der Waals surface area contributed by atoms with Gasteiger partial charge in [-0.2, -0.15) is 8.42 Å². The maximum Gasteiger partial charge on any atom is 0.697 e. The van der Waals surface area contributed by atoms with Crippen molar-refractivity contribution in [3.8, 4) is 0 Å². The zero-order valence-electron chi connectivity index (χ0n) is 8.32. The van der Waals surface area contributed by atoms with Crippen LogP contribution in [0.5, 0.6) is 0 Å². The topological polar surface area (TPSA) is 89.9 Å². The molecule has 0 bridgehead atoms. The summed E-state index contributed by atoms with van der Waals surface area (Å²) in [5, 5.41) is 1.64. The normalized spacial score (nSPS) is 12.8. The molecule has 0 saturated heterocycles. The van der Waals surface area contributed by atoms with Gasteiger partial charge in [-0.25, -0.2) is 4.18 Å². The second kappa shape index (κ2) is 5.81. The van der Waals surface area contributed by atoms with Crippen LogP contribution in [-0.4, -0.2) is 20.1 Å². The van der Waals surface area contributed by atoms with Crippen molar-refractivity contribution in [1.29, 1.82) is 0 Å². The van der Waals surface area contributed by atoms with Crippen LogP contribution in [0.2, 0.25) is 0 Å². The number of aryl methyl sites for hydroxylation is 1. The van der Waals surface area contributed by atoms with Gasteiger partial charge in [-0.3, -0.25) is 0 Å². The first-order chi connectivity index (χ1) is 7.47. The van der Waals surface area contributed by atoms with E-state index >= 15 is 0 Å². The Balaban J connectivity index is 2.74. The summed E-state index contributed by atoms with van der Waals surface area (Å²) in [5.41, 5.74) is 0. The molecule has 0 aliphatic rings. The minimum absolute atomic E-state index is 0.0803. The van der Waals surface area contributed by atoms with Crippen molar-refractivity contribution in [2.45, 2.75) is 18.2 Å². The van der Waals surface area contributed by atoms with Crippen LogP contribution in [0.1, 0.15) is 11.8 Å². The Morgan fingerprint density at radius 3 is 2.81 bits per heavy atom. The molecule has 9 heteroatoms. The smallest absolute Gasteiger partial charge is 0.232 e. The van der Waals surface area contributed by atoms with E-state index in [1.807, 2.05) is 6.92 Å². The van der Waals surface area contributed by atoms with E-state index in [1.165, 1.54) is 17.4 Å². The van der Waals surface area contributed by atoms with E-state index in [-0.39, 0.29) is 4.90 Å². The Kier molecular flexibility index (Phi) is 4.97. The van der Waals surface area contributed by atoms with Crippen molar-refractivity contribution in [3.63, 3.8) is 0 Å². The molecule has 0 amide bonds. The lowest BCUT2D eigenvalue weighted by molar-refractivity contribution is 0.121. The van der Waals surface area contributed by atoms with Gasteiger partial charge in [0.1, 0.15) is 4.90 Å². The van der Waals surface area contributed by atoms with E-state index in [0.29, 0.717) is 11.3 Å². The van der Waals surface area contributed by atoms with Crippen molar-refractivity contribution in [2.24, 2.45) is 0 Å². The molecule has 1 aromatic rings. The summed E-state index contributed by atoms with van der Waals surface area (Å²) in [6.07, 6.45) is 0.574. The Morgan fingerprint density at radius 1 is 1.56 bits per heavy atom. The molecule has 0 aromatic carbocycles. The summed E-state index contributed by atoms with van der Waals surface area (Å²) in [5.74, 6) is 0. The van der Waals surface area contributed by atoms with Crippen molar-refractivity contribution in [1.82, 2.24) is 0 Å². The van der Waals surface area contributed by atoms with Crippen LogP contribution in [-0.2, 0) is 29.8 Å². The van der Waals surface area contributed by atoms with Gasteiger partial charge in [0.05, 0.1) is 0 Å². The molecule has 0 radical (unpaired) electrons. The zero-order valence-corrected chi connectivity index (χ0v) is 10.8. The highest BCUT2D eigenvalue weighted by Gasteiger charge is 2.22. The van der Waals surface area contributed by atoms with Crippen molar-refractivity contribution >= 4 is 29.7 Å². The van der Waals surface area contributed by atoms with Crippen LogP contribution in [0.3, 0.4) is 0 Å². The second-order valence-electron chi connectivity index (χ2n) is 2.62. The van der Waals surface area contributed by atoms with Crippen molar-refractivity contribution in [3.05, 3.63) is 16.3 Å². The first kappa shape index (κ1) is 13.7. The molecule has 1 N–H and O–H groups in total. The molecule has 1 atom stereocenters. The Labute approximate surface area is 97.9 Å². The lowest BCUT2D eigenvalue weighted by atomic mass is 10.4. The minimum atomic E-state index is -3.91. The number of hydrogen-bond acceptors (Lipinski definition) is 6. The Bertz CT molecular complexity index is 465. The molecule has 1 unspecified atom stereocenters. The SMILES string of the molecule is CCc1sccc1S(=O)(=O)OCO[P+](=O)O. The molecule has 0 fully saturated rings. The van der Waals surface area contributed by atoms with Gasteiger partial charge in [-0.15, -0.1) is 16.2 Å². The maximum absolute atomic E-state index is 11.6. The first-order valence-corrected chi connectivity index (χ1v) is 7.64. The molecule has 1 aromatic heterocycles. The van der Waals surface area contributed by atoms with Crippen LogP contribution >= 0.6 is 19.6 Å². The average molecular weight is 285 g/mol. The summed E-state index contributed by atoms with van der Waals surface area (Å²) in [6.45, 7) is 1.05. The largest absolute Gasteiger partial charge is 0.697 e. The first-order valence-electron chi connectivity index (χ1n) is 4.22. The molecule has 0 spiro atoms. The van der Waals surface area contributed by atoms with Gasteiger partial charge >= 0.3 is 8.25 Å². The van der Waals surface area contributed by atoms with Gasteiger partial charge in [0.25, 0.3) is 10.1 Å². The van der Waals surface area contributed by atoms with Crippen LogP contribution in [0, 0.1) is 0 Å².